The highest BCUT2D eigenvalue weighted by Gasteiger charge is 2.11. The summed E-state index contributed by atoms with van der Waals surface area (Å²) in [6.45, 7) is 4.96. The minimum atomic E-state index is -0.345. The minimum absolute atomic E-state index is 0.0661. The number of thioether (sulfide) groups is 2. The van der Waals surface area contributed by atoms with Crippen molar-refractivity contribution in [1.82, 2.24) is 19.9 Å². The van der Waals surface area contributed by atoms with Gasteiger partial charge < -0.3 is 25.5 Å². The lowest BCUT2D eigenvalue weighted by atomic mass is 10.1. The summed E-state index contributed by atoms with van der Waals surface area (Å²) in [7, 11) is 0. The number of hydrogen-bond acceptors (Lipinski definition) is 10. The van der Waals surface area contributed by atoms with Gasteiger partial charge in [-0.2, -0.15) is 0 Å². The highest BCUT2D eigenvalue weighted by atomic mass is 32.2. The van der Waals surface area contributed by atoms with Gasteiger partial charge in [0.1, 0.15) is 0 Å². The van der Waals surface area contributed by atoms with Crippen molar-refractivity contribution in [3.05, 3.63) is 97.8 Å². The van der Waals surface area contributed by atoms with Gasteiger partial charge in [0.15, 0.2) is 27.6 Å². The van der Waals surface area contributed by atoms with Gasteiger partial charge in [0.2, 0.25) is 5.91 Å². The van der Waals surface area contributed by atoms with Crippen molar-refractivity contribution >= 4 is 40.9 Å². The summed E-state index contributed by atoms with van der Waals surface area (Å²) in [5.41, 5.74) is 3.02. The molecule has 0 fully saturated rings. The Balaban J connectivity index is 0.000000220. The SMILES string of the molecule is CC(=O)Nc1ccc(CSc2nc(C)cc(=O)[nH]2)cc1.Cc1cc(=O)[nH]c(SCC(=O)c2ccc(O)c(O)c2)n1. The van der Waals surface area contributed by atoms with E-state index in [1.54, 1.807) is 13.8 Å². The molecule has 0 aliphatic heterocycles. The molecule has 0 aliphatic carbocycles. The number of aromatic hydroxyl groups is 2. The monoisotopic (exact) mass is 581 g/mol. The molecular formula is C27H27N5O6S2. The average molecular weight is 582 g/mol. The maximum absolute atomic E-state index is 11.9. The quantitative estimate of drug-likeness (QED) is 0.0890. The van der Waals surface area contributed by atoms with Crippen LogP contribution in [0.5, 0.6) is 11.5 Å². The van der Waals surface area contributed by atoms with Gasteiger partial charge in [-0.25, -0.2) is 9.97 Å². The third-order valence-electron chi connectivity index (χ3n) is 4.98. The number of H-pyrrole nitrogens is 2. The smallest absolute Gasteiger partial charge is 0.251 e. The largest absolute Gasteiger partial charge is 0.504 e. The van der Waals surface area contributed by atoms with Crippen LogP contribution in [-0.4, -0.2) is 47.6 Å². The molecule has 0 saturated carbocycles. The van der Waals surface area contributed by atoms with E-state index < -0.39 is 0 Å². The van der Waals surface area contributed by atoms with Crippen molar-refractivity contribution in [2.75, 3.05) is 11.1 Å². The molecule has 0 unspecified atom stereocenters. The number of phenolic OH excluding ortho intramolecular Hbond substituents is 2. The second-order valence-corrected chi connectivity index (χ2v) is 10.4. The van der Waals surface area contributed by atoms with E-state index in [1.807, 2.05) is 24.3 Å². The number of aryl methyl sites for hydroxylation is 2. The van der Waals surface area contributed by atoms with Crippen LogP contribution in [0.1, 0.15) is 34.2 Å². The van der Waals surface area contributed by atoms with E-state index in [0.717, 1.165) is 23.0 Å². The van der Waals surface area contributed by atoms with Crippen LogP contribution in [0.3, 0.4) is 0 Å². The number of Topliss-reactive ketones (excluding diaryl/α,β-unsaturated/α-hetero) is 1. The maximum Gasteiger partial charge on any atom is 0.251 e. The summed E-state index contributed by atoms with van der Waals surface area (Å²) in [6.07, 6.45) is 0. The van der Waals surface area contributed by atoms with Crippen molar-refractivity contribution in [2.45, 2.75) is 36.8 Å². The number of aromatic nitrogens is 4. The van der Waals surface area contributed by atoms with Gasteiger partial charge in [-0.1, -0.05) is 35.7 Å². The van der Waals surface area contributed by atoms with Crippen molar-refractivity contribution in [2.24, 2.45) is 0 Å². The van der Waals surface area contributed by atoms with Crippen LogP contribution in [-0.2, 0) is 10.5 Å². The first-order valence-corrected chi connectivity index (χ1v) is 13.8. The Hall–Kier alpha value is -4.36. The summed E-state index contributed by atoms with van der Waals surface area (Å²) in [5, 5.41) is 22.2. The molecule has 208 valence electrons. The molecular weight excluding hydrogens is 554 g/mol. The zero-order valence-electron chi connectivity index (χ0n) is 21.8. The molecule has 0 saturated heterocycles. The first kappa shape index (κ1) is 30.2. The fraction of sp³-hybridized carbons (Fsp3) is 0.185. The summed E-state index contributed by atoms with van der Waals surface area (Å²) < 4.78 is 0. The molecule has 0 aliphatic rings. The number of amides is 1. The fourth-order valence-electron chi connectivity index (χ4n) is 3.19. The van der Waals surface area contributed by atoms with Crippen LogP contribution in [0, 0.1) is 13.8 Å². The number of nitrogens with one attached hydrogen (secondary N) is 3. The third kappa shape index (κ3) is 9.75. The Bertz CT molecular complexity index is 1620. The molecule has 2 aromatic carbocycles. The zero-order valence-corrected chi connectivity index (χ0v) is 23.5. The summed E-state index contributed by atoms with van der Waals surface area (Å²) in [5.74, 6) is -0.187. The first-order valence-electron chi connectivity index (χ1n) is 11.8. The molecule has 2 heterocycles. The standard InChI is InChI=1S/C14H15N3O2S.C13H12N2O4S/c1-9-7-13(19)17-14(15-9)20-8-11-3-5-12(6-4-11)16-10(2)18;1-7-4-12(19)15-13(14-7)20-6-11(18)8-2-3-9(16)10(17)5-8/h3-7H,8H2,1-2H3,(H,16,18)(H,15,17,19);2-5,16-17H,6H2,1H3,(H,14,15,19). The van der Waals surface area contributed by atoms with Crippen LogP contribution >= 0.6 is 23.5 Å². The van der Waals surface area contributed by atoms with Gasteiger partial charge >= 0.3 is 0 Å². The number of benzene rings is 2. The molecule has 11 nitrogen and oxygen atoms in total. The Morgan fingerprint density at radius 3 is 1.93 bits per heavy atom. The number of rotatable bonds is 8. The van der Waals surface area contributed by atoms with Crippen molar-refractivity contribution in [3.63, 3.8) is 0 Å². The van der Waals surface area contributed by atoms with Crippen molar-refractivity contribution < 1.29 is 19.8 Å². The molecule has 4 rings (SSSR count). The van der Waals surface area contributed by atoms with E-state index in [0.29, 0.717) is 27.5 Å². The number of aromatic amines is 2. The first-order chi connectivity index (χ1) is 19.0. The van der Waals surface area contributed by atoms with Gasteiger partial charge in [-0.3, -0.25) is 19.2 Å². The van der Waals surface area contributed by atoms with Crippen LogP contribution in [0.25, 0.3) is 0 Å². The molecule has 0 radical (unpaired) electrons. The summed E-state index contributed by atoms with van der Waals surface area (Å²) >= 11 is 2.57. The second kappa shape index (κ2) is 14.1. The van der Waals surface area contributed by atoms with Crippen molar-refractivity contribution in [3.8, 4) is 11.5 Å². The number of phenols is 2. The molecule has 0 spiro atoms. The number of carbonyl (C=O) groups excluding carboxylic acids is 2. The Kier molecular flexibility index (Phi) is 10.7. The van der Waals surface area contributed by atoms with E-state index >= 15 is 0 Å². The molecule has 4 aromatic rings. The van der Waals surface area contributed by atoms with Gasteiger partial charge in [-0.05, 0) is 49.7 Å². The number of ketones is 1. The van der Waals surface area contributed by atoms with Gasteiger partial charge in [0.25, 0.3) is 11.1 Å². The lowest BCUT2D eigenvalue weighted by molar-refractivity contribution is -0.114. The summed E-state index contributed by atoms with van der Waals surface area (Å²) in [4.78, 5) is 59.0. The molecule has 2 aromatic heterocycles. The molecule has 13 heteroatoms. The van der Waals surface area contributed by atoms with E-state index in [-0.39, 0.29) is 45.6 Å². The topological polar surface area (TPSA) is 178 Å². The highest BCUT2D eigenvalue weighted by molar-refractivity contribution is 7.99. The van der Waals surface area contributed by atoms with Crippen LogP contribution in [0.15, 0.2) is 74.5 Å². The Morgan fingerprint density at radius 1 is 0.825 bits per heavy atom. The van der Waals surface area contributed by atoms with E-state index in [2.05, 4.69) is 25.3 Å². The molecule has 0 atom stereocenters. The fourth-order valence-corrected chi connectivity index (χ4v) is 4.89. The van der Waals surface area contributed by atoms with E-state index in [1.165, 1.54) is 49.0 Å². The average Bonchev–Trinajstić information content (AvgIpc) is 2.87. The zero-order chi connectivity index (χ0) is 29.2. The van der Waals surface area contributed by atoms with Crippen LogP contribution < -0.4 is 16.4 Å². The lowest BCUT2D eigenvalue weighted by Gasteiger charge is -2.04. The molecule has 0 bridgehead atoms. The Morgan fingerprint density at radius 2 is 1.40 bits per heavy atom. The van der Waals surface area contributed by atoms with Gasteiger partial charge in [0, 0.05) is 47.4 Å². The van der Waals surface area contributed by atoms with Crippen molar-refractivity contribution in [1.29, 1.82) is 0 Å². The highest BCUT2D eigenvalue weighted by Crippen LogP contribution is 2.26. The van der Waals surface area contributed by atoms with E-state index in [9.17, 15) is 29.4 Å². The predicted octanol–water partition coefficient (Wildman–Crippen LogP) is 3.79. The molecule has 40 heavy (non-hydrogen) atoms. The minimum Gasteiger partial charge on any atom is -0.504 e. The molecule has 1 amide bonds. The maximum atomic E-state index is 11.9. The van der Waals surface area contributed by atoms with Crippen LogP contribution in [0.2, 0.25) is 0 Å². The summed E-state index contributed by atoms with van der Waals surface area (Å²) in [6, 6.07) is 14.3. The molecule has 5 N–H and O–H groups in total. The second-order valence-electron chi connectivity index (χ2n) is 8.47. The number of anilines is 1. The third-order valence-corrected chi connectivity index (χ3v) is 6.80. The lowest BCUT2D eigenvalue weighted by Crippen LogP contribution is -2.09. The number of carbonyl (C=O) groups is 2. The normalized spacial score (nSPS) is 10.4. The van der Waals surface area contributed by atoms with Crippen LogP contribution in [0.4, 0.5) is 5.69 Å². The van der Waals surface area contributed by atoms with E-state index in [4.69, 9.17) is 0 Å². The number of hydrogen-bond donors (Lipinski definition) is 5. The van der Waals surface area contributed by atoms with Gasteiger partial charge in [0.05, 0.1) is 5.75 Å². The number of nitrogens with zero attached hydrogens (tertiary/aromatic N) is 2. The predicted molar refractivity (Wildman–Crippen MR) is 154 cm³/mol. The Labute approximate surface area is 237 Å². The van der Waals surface area contributed by atoms with Gasteiger partial charge in [-0.15, -0.1) is 0 Å².